The molecular weight excluding hydrogens is 340 g/mol. The number of ether oxygens (including phenoxy) is 2. The summed E-state index contributed by atoms with van der Waals surface area (Å²) in [5.74, 6) is -1.13. The van der Waals surface area contributed by atoms with Gasteiger partial charge in [0.2, 0.25) is 0 Å². The highest BCUT2D eigenvalue weighted by Crippen LogP contribution is 2.55. The fraction of sp³-hybridized carbons (Fsp3) is 0.609. The Bertz CT molecular complexity index is 810. The Morgan fingerprint density at radius 3 is 2.19 bits per heavy atom. The molecule has 27 heavy (non-hydrogen) atoms. The molecule has 0 bridgehead atoms. The number of Topliss-reactive ketones (excluding diaryl/α,β-unsaturated/α-hetero) is 1. The van der Waals surface area contributed by atoms with Crippen molar-refractivity contribution in [2.24, 2.45) is 11.8 Å². The number of carbonyl (C=O) groups excluding carboxylic acids is 1. The van der Waals surface area contributed by atoms with Gasteiger partial charge < -0.3 is 14.6 Å². The molecule has 1 spiro atoms. The Morgan fingerprint density at radius 2 is 1.70 bits per heavy atom. The first kappa shape index (κ1) is 18.7. The molecule has 1 aromatic carbocycles. The van der Waals surface area contributed by atoms with Crippen LogP contribution in [0.25, 0.3) is 5.57 Å². The van der Waals surface area contributed by atoms with E-state index in [0.717, 1.165) is 29.5 Å². The maximum atomic E-state index is 13.4. The van der Waals surface area contributed by atoms with E-state index < -0.39 is 11.4 Å². The molecule has 1 aromatic rings. The predicted octanol–water partition coefficient (Wildman–Crippen LogP) is 3.32. The summed E-state index contributed by atoms with van der Waals surface area (Å²) in [4.78, 5) is 13.4. The van der Waals surface area contributed by atoms with Crippen molar-refractivity contribution in [1.82, 2.24) is 0 Å². The maximum absolute atomic E-state index is 13.4. The molecule has 0 N–H and O–H groups in total. The highest BCUT2D eigenvalue weighted by molar-refractivity contribution is 6.25. The summed E-state index contributed by atoms with van der Waals surface area (Å²) >= 11 is 0. The van der Waals surface area contributed by atoms with Crippen LogP contribution in [0.2, 0.25) is 0 Å². The molecular formula is C23H29O4-. The number of fused-ring (bicyclic) bond motifs is 1. The van der Waals surface area contributed by atoms with Crippen molar-refractivity contribution >= 4 is 11.4 Å². The first-order chi connectivity index (χ1) is 12.7. The third-order valence-corrected chi connectivity index (χ3v) is 6.44. The Kier molecular flexibility index (Phi) is 4.28. The van der Waals surface area contributed by atoms with Gasteiger partial charge in [0.05, 0.1) is 12.2 Å². The average molecular weight is 369 g/mol. The largest absolute Gasteiger partial charge is 0.875 e. The molecule has 1 aliphatic heterocycles. The zero-order chi connectivity index (χ0) is 19.6. The van der Waals surface area contributed by atoms with E-state index in [9.17, 15) is 9.90 Å². The zero-order valence-electron chi connectivity index (χ0n) is 17.0. The van der Waals surface area contributed by atoms with Crippen molar-refractivity contribution in [3.05, 3.63) is 40.1 Å². The molecule has 0 amide bonds. The molecule has 146 valence electrons. The molecule has 1 saturated carbocycles. The van der Waals surface area contributed by atoms with Crippen molar-refractivity contribution in [2.75, 3.05) is 6.61 Å². The van der Waals surface area contributed by atoms with Crippen molar-refractivity contribution in [2.45, 2.75) is 71.7 Å². The maximum Gasteiger partial charge on any atom is 0.166 e. The van der Waals surface area contributed by atoms with Gasteiger partial charge in [0, 0.05) is 11.5 Å². The Hall–Kier alpha value is -1.65. The van der Waals surface area contributed by atoms with Crippen molar-refractivity contribution in [3.63, 3.8) is 0 Å². The second-order valence-electron chi connectivity index (χ2n) is 8.86. The Balaban J connectivity index is 1.76. The molecule has 1 saturated heterocycles. The van der Waals surface area contributed by atoms with Gasteiger partial charge in [-0.2, -0.15) is 0 Å². The second-order valence-corrected chi connectivity index (χ2v) is 8.86. The molecule has 3 aliphatic rings. The van der Waals surface area contributed by atoms with E-state index in [2.05, 4.69) is 32.9 Å². The first-order valence-corrected chi connectivity index (χ1v) is 10.1. The van der Waals surface area contributed by atoms with Crippen LogP contribution in [0.5, 0.6) is 0 Å². The van der Waals surface area contributed by atoms with Crippen LogP contribution in [-0.4, -0.2) is 23.8 Å². The van der Waals surface area contributed by atoms with Crippen molar-refractivity contribution in [3.8, 4) is 0 Å². The SMILES string of the molecule is CCc1cc(C)cc(CC)c1C1=C([O-])C2CC3(COC(C)(C)O3)CC2C1=O. The summed E-state index contributed by atoms with van der Waals surface area (Å²) < 4.78 is 11.9. The normalized spacial score (nSPS) is 32.0. The van der Waals surface area contributed by atoms with E-state index in [0.29, 0.717) is 25.0 Å². The van der Waals surface area contributed by atoms with Crippen LogP contribution < -0.4 is 5.11 Å². The molecule has 0 radical (unpaired) electrons. The van der Waals surface area contributed by atoms with E-state index in [1.807, 2.05) is 13.8 Å². The molecule has 3 atom stereocenters. The van der Waals surface area contributed by atoms with Crippen molar-refractivity contribution < 1.29 is 19.4 Å². The van der Waals surface area contributed by atoms with Crippen LogP contribution in [0.15, 0.2) is 17.9 Å². The van der Waals surface area contributed by atoms with E-state index in [-0.39, 0.29) is 23.4 Å². The fourth-order valence-electron chi connectivity index (χ4n) is 5.37. The number of allylic oxidation sites excluding steroid dienone is 2. The number of hydrogen-bond acceptors (Lipinski definition) is 4. The summed E-state index contributed by atoms with van der Waals surface area (Å²) in [5.41, 5.74) is 4.28. The van der Waals surface area contributed by atoms with Gasteiger partial charge in [0.15, 0.2) is 11.6 Å². The van der Waals surface area contributed by atoms with Gasteiger partial charge in [0.25, 0.3) is 0 Å². The lowest BCUT2D eigenvalue weighted by molar-refractivity contribution is -0.313. The summed E-state index contributed by atoms with van der Waals surface area (Å²) in [7, 11) is 0. The predicted molar refractivity (Wildman–Crippen MR) is 102 cm³/mol. The highest BCUT2D eigenvalue weighted by Gasteiger charge is 2.57. The van der Waals surface area contributed by atoms with Gasteiger partial charge in [-0.15, -0.1) is 5.76 Å². The third kappa shape index (κ3) is 2.85. The van der Waals surface area contributed by atoms with Crippen LogP contribution in [0.1, 0.15) is 62.8 Å². The average Bonchev–Trinajstić information content (AvgIpc) is 3.20. The summed E-state index contributed by atoms with van der Waals surface area (Å²) in [5, 5.41) is 13.4. The summed E-state index contributed by atoms with van der Waals surface area (Å²) in [6.45, 7) is 10.5. The third-order valence-electron chi connectivity index (χ3n) is 6.44. The molecule has 4 nitrogen and oxygen atoms in total. The lowest BCUT2D eigenvalue weighted by Gasteiger charge is -2.27. The Morgan fingerprint density at radius 1 is 1.11 bits per heavy atom. The summed E-state index contributed by atoms with van der Waals surface area (Å²) in [6, 6.07) is 4.24. The van der Waals surface area contributed by atoms with Crippen LogP contribution in [-0.2, 0) is 27.1 Å². The minimum Gasteiger partial charge on any atom is -0.875 e. The lowest BCUT2D eigenvalue weighted by Crippen LogP contribution is -2.33. The minimum absolute atomic E-state index is 0.0171. The summed E-state index contributed by atoms with van der Waals surface area (Å²) in [6.07, 6.45) is 2.81. The van der Waals surface area contributed by atoms with Crippen LogP contribution in [0, 0.1) is 18.8 Å². The van der Waals surface area contributed by atoms with Crippen LogP contribution in [0.4, 0.5) is 0 Å². The molecule has 2 aliphatic carbocycles. The monoisotopic (exact) mass is 369 g/mol. The van der Waals surface area contributed by atoms with Gasteiger partial charge in [0.1, 0.15) is 0 Å². The smallest absolute Gasteiger partial charge is 0.166 e. The number of aryl methyl sites for hydroxylation is 3. The van der Waals surface area contributed by atoms with Gasteiger partial charge in [-0.1, -0.05) is 31.5 Å². The van der Waals surface area contributed by atoms with E-state index in [1.165, 1.54) is 5.56 Å². The van der Waals surface area contributed by atoms with Crippen LogP contribution in [0.3, 0.4) is 0 Å². The fourth-order valence-corrected chi connectivity index (χ4v) is 5.37. The molecule has 0 aromatic heterocycles. The molecule has 1 heterocycles. The number of benzene rings is 1. The van der Waals surface area contributed by atoms with Crippen molar-refractivity contribution in [1.29, 1.82) is 0 Å². The van der Waals surface area contributed by atoms with E-state index >= 15 is 0 Å². The zero-order valence-corrected chi connectivity index (χ0v) is 17.0. The number of rotatable bonds is 3. The van der Waals surface area contributed by atoms with Crippen LogP contribution >= 0.6 is 0 Å². The van der Waals surface area contributed by atoms with Gasteiger partial charge in [-0.25, -0.2) is 0 Å². The number of hydrogen-bond donors (Lipinski definition) is 0. The van der Waals surface area contributed by atoms with Gasteiger partial charge >= 0.3 is 0 Å². The van der Waals surface area contributed by atoms with Gasteiger partial charge in [-0.3, -0.25) is 4.79 Å². The second kappa shape index (κ2) is 6.18. The molecule has 4 rings (SSSR count). The standard InChI is InChI=1S/C23H30O4/c1-6-14-8-13(3)9-15(7-2)18(14)19-20(24)16-10-23(11-17(16)21(19)25)12-26-22(4,5)27-23/h8-9,16-17,24H,6-7,10-12H2,1-5H3/p-1. The topological polar surface area (TPSA) is 58.6 Å². The van der Waals surface area contributed by atoms with E-state index in [4.69, 9.17) is 9.47 Å². The molecule has 2 fully saturated rings. The van der Waals surface area contributed by atoms with E-state index in [1.54, 1.807) is 0 Å². The van der Waals surface area contributed by atoms with Gasteiger partial charge in [-0.05, 0) is 69.1 Å². The molecule has 3 unspecified atom stereocenters. The highest BCUT2D eigenvalue weighted by atomic mass is 16.8. The quantitative estimate of drug-likeness (QED) is 0.820. The lowest BCUT2D eigenvalue weighted by atomic mass is 9.86. The molecule has 4 heteroatoms. The minimum atomic E-state index is -0.640. The first-order valence-electron chi connectivity index (χ1n) is 10.1. The number of ketones is 1. The Labute approximate surface area is 161 Å². The number of carbonyl (C=O) groups is 1.